The number of rotatable bonds is 3. The Bertz CT molecular complexity index is 1600. The first-order chi connectivity index (χ1) is 16.2. The van der Waals surface area contributed by atoms with Crippen LogP contribution in [0.2, 0.25) is 0 Å². The lowest BCUT2D eigenvalue weighted by Gasteiger charge is -2.14. The summed E-state index contributed by atoms with van der Waals surface area (Å²) in [6.45, 7) is 4.53. The fourth-order valence-corrected chi connectivity index (χ4v) is 5.02. The lowest BCUT2D eigenvalue weighted by Crippen LogP contribution is -1.90. The summed E-state index contributed by atoms with van der Waals surface area (Å²) in [5, 5.41) is 7.97. The summed E-state index contributed by atoms with van der Waals surface area (Å²) < 4.78 is 0. The average Bonchev–Trinajstić information content (AvgIpc) is 2.89. The van der Waals surface area contributed by atoms with Crippen LogP contribution in [0.3, 0.4) is 0 Å². The van der Waals surface area contributed by atoms with Crippen LogP contribution in [0, 0.1) is 0 Å². The van der Waals surface area contributed by atoms with Gasteiger partial charge in [-0.2, -0.15) is 0 Å². The molecule has 0 amide bonds. The number of hydrogen-bond donors (Lipinski definition) is 0. The molecule has 0 bridgehead atoms. The summed E-state index contributed by atoms with van der Waals surface area (Å²) in [5.74, 6) is 0.517. The predicted octanol–water partition coefficient (Wildman–Crippen LogP) is 9.60. The minimum atomic E-state index is 0.517. The largest absolute Gasteiger partial charge is 0.0622 e. The van der Waals surface area contributed by atoms with Gasteiger partial charge >= 0.3 is 0 Å². The van der Waals surface area contributed by atoms with E-state index >= 15 is 0 Å². The zero-order chi connectivity index (χ0) is 22.4. The molecule has 0 fully saturated rings. The molecule has 0 heterocycles. The Morgan fingerprint density at radius 1 is 0.364 bits per heavy atom. The van der Waals surface area contributed by atoms with E-state index in [2.05, 4.69) is 129 Å². The van der Waals surface area contributed by atoms with Crippen molar-refractivity contribution in [3.8, 4) is 22.3 Å². The molecular weight excluding hydrogens is 396 g/mol. The number of hydrogen-bond acceptors (Lipinski definition) is 0. The van der Waals surface area contributed by atoms with Crippen LogP contribution in [0.4, 0.5) is 0 Å². The maximum Gasteiger partial charge on any atom is -0.00928 e. The van der Waals surface area contributed by atoms with Gasteiger partial charge in [0.25, 0.3) is 0 Å². The molecule has 0 heteroatoms. The van der Waals surface area contributed by atoms with E-state index in [4.69, 9.17) is 0 Å². The van der Waals surface area contributed by atoms with Crippen molar-refractivity contribution >= 4 is 32.3 Å². The predicted molar refractivity (Wildman–Crippen MR) is 144 cm³/mol. The molecule has 0 nitrogen and oxygen atoms in total. The van der Waals surface area contributed by atoms with Gasteiger partial charge in [0.15, 0.2) is 0 Å². The van der Waals surface area contributed by atoms with Gasteiger partial charge in [-0.3, -0.25) is 0 Å². The van der Waals surface area contributed by atoms with E-state index in [0.717, 1.165) is 0 Å². The van der Waals surface area contributed by atoms with E-state index in [1.54, 1.807) is 0 Å². The SMILES string of the molecule is CC(C)c1ccc2c3ccc(-c4cccc(-c5ccccc5)c4)cc3c3ccccc3c2c1. The maximum atomic E-state index is 2.39. The molecular formula is C33H26. The monoisotopic (exact) mass is 422 g/mol. The van der Waals surface area contributed by atoms with Crippen molar-refractivity contribution in [2.24, 2.45) is 0 Å². The van der Waals surface area contributed by atoms with Gasteiger partial charge in [-0.05, 0) is 78.2 Å². The Hall–Kier alpha value is -3.90. The van der Waals surface area contributed by atoms with Crippen LogP contribution in [-0.2, 0) is 0 Å². The fourth-order valence-electron chi connectivity index (χ4n) is 5.02. The van der Waals surface area contributed by atoms with E-state index in [9.17, 15) is 0 Å². The molecule has 0 saturated heterocycles. The molecule has 0 aliphatic rings. The van der Waals surface area contributed by atoms with E-state index in [-0.39, 0.29) is 0 Å². The third-order valence-corrected chi connectivity index (χ3v) is 6.83. The highest BCUT2D eigenvalue weighted by molar-refractivity contribution is 6.25. The molecule has 6 aromatic carbocycles. The molecule has 0 aromatic heterocycles. The van der Waals surface area contributed by atoms with E-state index in [0.29, 0.717) is 5.92 Å². The van der Waals surface area contributed by atoms with Gasteiger partial charge in [0.05, 0.1) is 0 Å². The van der Waals surface area contributed by atoms with Crippen molar-refractivity contribution in [3.63, 3.8) is 0 Å². The summed E-state index contributed by atoms with van der Waals surface area (Å²) in [6.07, 6.45) is 0. The summed E-state index contributed by atoms with van der Waals surface area (Å²) in [5.41, 5.74) is 6.39. The van der Waals surface area contributed by atoms with Crippen molar-refractivity contribution < 1.29 is 0 Å². The van der Waals surface area contributed by atoms with Crippen LogP contribution < -0.4 is 0 Å². The highest BCUT2D eigenvalue weighted by atomic mass is 14.2. The van der Waals surface area contributed by atoms with E-state index in [1.165, 1.54) is 60.1 Å². The zero-order valence-corrected chi connectivity index (χ0v) is 19.0. The molecule has 0 saturated carbocycles. The summed E-state index contributed by atoms with van der Waals surface area (Å²) in [7, 11) is 0. The molecule has 0 unspecified atom stereocenters. The van der Waals surface area contributed by atoms with Gasteiger partial charge in [0, 0.05) is 0 Å². The van der Waals surface area contributed by atoms with Crippen LogP contribution in [0.15, 0.2) is 115 Å². The van der Waals surface area contributed by atoms with Gasteiger partial charge in [-0.15, -0.1) is 0 Å². The Labute approximate surface area is 195 Å². The minimum Gasteiger partial charge on any atom is -0.0622 e. The van der Waals surface area contributed by atoms with Crippen molar-refractivity contribution in [1.82, 2.24) is 0 Å². The summed E-state index contributed by atoms with van der Waals surface area (Å²) >= 11 is 0. The van der Waals surface area contributed by atoms with Crippen LogP contribution in [-0.4, -0.2) is 0 Å². The van der Waals surface area contributed by atoms with Crippen molar-refractivity contribution in [2.75, 3.05) is 0 Å². The molecule has 0 radical (unpaired) electrons. The molecule has 0 spiro atoms. The number of fused-ring (bicyclic) bond motifs is 6. The van der Waals surface area contributed by atoms with Crippen molar-refractivity contribution in [1.29, 1.82) is 0 Å². The third kappa shape index (κ3) is 3.39. The highest BCUT2D eigenvalue weighted by Gasteiger charge is 2.11. The molecule has 0 aliphatic carbocycles. The maximum absolute atomic E-state index is 2.39. The van der Waals surface area contributed by atoms with E-state index < -0.39 is 0 Å². The quantitative estimate of drug-likeness (QED) is 0.249. The fraction of sp³-hybridized carbons (Fsp3) is 0.0909. The van der Waals surface area contributed by atoms with Crippen LogP contribution >= 0.6 is 0 Å². The molecule has 6 rings (SSSR count). The second-order valence-electron chi connectivity index (χ2n) is 9.21. The van der Waals surface area contributed by atoms with Crippen molar-refractivity contribution in [3.05, 3.63) is 121 Å². The molecule has 0 aliphatic heterocycles. The Morgan fingerprint density at radius 3 is 1.58 bits per heavy atom. The Morgan fingerprint density at radius 2 is 0.879 bits per heavy atom. The average molecular weight is 423 g/mol. The highest BCUT2D eigenvalue weighted by Crippen LogP contribution is 2.38. The normalized spacial score (nSPS) is 11.6. The molecule has 0 atom stereocenters. The van der Waals surface area contributed by atoms with Crippen LogP contribution in [0.5, 0.6) is 0 Å². The molecule has 158 valence electrons. The lowest BCUT2D eigenvalue weighted by atomic mass is 9.89. The van der Waals surface area contributed by atoms with Gasteiger partial charge in [-0.25, -0.2) is 0 Å². The summed E-state index contributed by atoms with van der Waals surface area (Å²) in [6, 6.07) is 42.3. The Balaban J connectivity index is 1.60. The smallest absolute Gasteiger partial charge is 0.00928 e. The Kier molecular flexibility index (Phi) is 4.73. The summed E-state index contributed by atoms with van der Waals surface area (Å²) in [4.78, 5) is 0. The minimum absolute atomic E-state index is 0.517. The molecule has 0 N–H and O–H groups in total. The van der Waals surface area contributed by atoms with Gasteiger partial charge in [-0.1, -0.05) is 117 Å². The second kappa shape index (κ2) is 7.90. The zero-order valence-electron chi connectivity index (χ0n) is 19.0. The van der Waals surface area contributed by atoms with Crippen LogP contribution in [0.1, 0.15) is 25.3 Å². The van der Waals surface area contributed by atoms with Gasteiger partial charge in [0.2, 0.25) is 0 Å². The second-order valence-corrected chi connectivity index (χ2v) is 9.21. The lowest BCUT2D eigenvalue weighted by molar-refractivity contribution is 0.869. The van der Waals surface area contributed by atoms with E-state index in [1.807, 2.05) is 0 Å². The first-order valence-corrected chi connectivity index (χ1v) is 11.7. The number of benzene rings is 6. The molecule has 6 aromatic rings. The first-order valence-electron chi connectivity index (χ1n) is 11.7. The molecule has 33 heavy (non-hydrogen) atoms. The van der Waals surface area contributed by atoms with Crippen LogP contribution in [0.25, 0.3) is 54.6 Å². The standard InChI is InChI=1S/C33H26/c1-22(2)24-15-17-30-31-18-16-27(21-33(31)29-14-7-6-13-28(29)32(30)20-24)26-12-8-11-25(19-26)23-9-4-3-5-10-23/h3-22H,1-2H3. The topological polar surface area (TPSA) is 0 Å². The third-order valence-electron chi connectivity index (χ3n) is 6.83. The van der Waals surface area contributed by atoms with Crippen molar-refractivity contribution in [2.45, 2.75) is 19.8 Å². The van der Waals surface area contributed by atoms with Gasteiger partial charge in [0.1, 0.15) is 0 Å². The first kappa shape index (κ1) is 19.8. The van der Waals surface area contributed by atoms with Gasteiger partial charge < -0.3 is 0 Å².